The van der Waals surface area contributed by atoms with Gasteiger partial charge in [-0.25, -0.2) is 0 Å². The molecule has 0 saturated carbocycles. The van der Waals surface area contributed by atoms with Crippen LogP contribution in [0, 0.1) is 5.92 Å². The van der Waals surface area contributed by atoms with E-state index in [0.717, 1.165) is 33.2 Å². The summed E-state index contributed by atoms with van der Waals surface area (Å²) in [5.41, 5.74) is 1.04. The van der Waals surface area contributed by atoms with Gasteiger partial charge < -0.3 is 9.47 Å². The predicted octanol–water partition coefficient (Wildman–Crippen LogP) is 3.18. The van der Waals surface area contributed by atoms with Crippen LogP contribution in [0.5, 0.6) is 0 Å². The normalized spacial score (nSPS) is 19.3. The average Bonchev–Trinajstić information content (AvgIpc) is 3.04. The van der Waals surface area contributed by atoms with E-state index < -0.39 is 0 Å². The highest BCUT2D eigenvalue weighted by atomic mass is 35.5. The minimum Gasteiger partial charge on any atom is -0.306 e. The Kier molecular flexibility index (Phi) is 4.52. The summed E-state index contributed by atoms with van der Waals surface area (Å²) in [6.07, 6.45) is 1.28. The van der Waals surface area contributed by atoms with Gasteiger partial charge in [0.1, 0.15) is 0 Å². The van der Waals surface area contributed by atoms with Crippen molar-refractivity contribution < 1.29 is 0 Å². The standard InChI is InChI=1S/C15H19ClN4S/c1-19-8-7-11(9-19)10-21-15-18-17-14(20(15)2)12-3-5-13(16)6-4-12/h3-6,11H,7-10H2,1-2H3. The Hall–Kier alpha value is -1.04. The molecule has 1 aromatic carbocycles. The molecule has 4 nitrogen and oxygen atoms in total. The Labute approximate surface area is 134 Å². The molecule has 6 heteroatoms. The quantitative estimate of drug-likeness (QED) is 0.810. The molecular formula is C15H19ClN4S. The number of likely N-dealkylation sites (tertiary alicyclic amines) is 1. The Morgan fingerprint density at radius 1 is 1.24 bits per heavy atom. The molecule has 1 aliphatic rings. The molecule has 2 heterocycles. The summed E-state index contributed by atoms with van der Waals surface area (Å²) in [4.78, 5) is 2.39. The smallest absolute Gasteiger partial charge is 0.191 e. The molecule has 112 valence electrons. The van der Waals surface area contributed by atoms with E-state index in [4.69, 9.17) is 11.6 Å². The lowest BCUT2D eigenvalue weighted by Gasteiger charge is -2.09. The molecule has 3 rings (SSSR count). The van der Waals surface area contributed by atoms with Crippen LogP contribution in [0.4, 0.5) is 0 Å². The van der Waals surface area contributed by atoms with Crippen LogP contribution in [0.25, 0.3) is 11.4 Å². The zero-order valence-corrected chi connectivity index (χ0v) is 13.9. The lowest BCUT2D eigenvalue weighted by Crippen LogP contribution is -2.15. The van der Waals surface area contributed by atoms with Crippen LogP contribution in [-0.2, 0) is 7.05 Å². The fourth-order valence-corrected chi connectivity index (χ4v) is 3.81. The molecule has 0 bridgehead atoms. The summed E-state index contributed by atoms with van der Waals surface area (Å²) >= 11 is 7.73. The van der Waals surface area contributed by atoms with Gasteiger partial charge in [0, 0.05) is 29.9 Å². The van der Waals surface area contributed by atoms with Crippen molar-refractivity contribution in [1.82, 2.24) is 19.7 Å². The van der Waals surface area contributed by atoms with Crippen molar-refractivity contribution in [2.45, 2.75) is 11.6 Å². The Bertz CT molecular complexity index is 611. The van der Waals surface area contributed by atoms with E-state index in [1.165, 1.54) is 19.5 Å². The number of benzene rings is 1. The molecule has 1 aromatic heterocycles. The number of halogens is 1. The highest BCUT2D eigenvalue weighted by Gasteiger charge is 2.20. The third kappa shape index (κ3) is 3.42. The number of thioether (sulfide) groups is 1. The van der Waals surface area contributed by atoms with Crippen LogP contribution in [-0.4, -0.2) is 45.6 Å². The van der Waals surface area contributed by atoms with Crippen molar-refractivity contribution in [3.8, 4) is 11.4 Å². The molecule has 0 N–H and O–H groups in total. The van der Waals surface area contributed by atoms with Crippen molar-refractivity contribution in [3.05, 3.63) is 29.3 Å². The van der Waals surface area contributed by atoms with Gasteiger partial charge in [-0.15, -0.1) is 10.2 Å². The third-order valence-corrected chi connectivity index (χ3v) is 5.38. The molecule has 21 heavy (non-hydrogen) atoms. The Morgan fingerprint density at radius 3 is 2.67 bits per heavy atom. The number of aromatic nitrogens is 3. The average molecular weight is 323 g/mol. The maximum absolute atomic E-state index is 5.93. The molecule has 0 spiro atoms. The fourth-order valence-electron chi connectivity index (χ4n) is 2.65. The van der Waals surface area contributed by atoms with Gasteiger partial charge in [0.25, 0.3) is 0 Å². The van der Waals surface area contributed by atoms with Gasteiger partial charge >= 0.3 is 0 Å². The Morgan fingerprint density at radius 2 is 2.00 bits per heavy atom. The van der Waals surface area contributed by atoms with Crippen molar-refractivity contribution in [2.75, 3.05) is 25.9 Å². The van der Waals surface area contributed by atoms with Crippen LogP contribution in [0.15, 0.2) is 29.4 Å². The van der Waals surface area contributed by atoms with E-state index in [1.807, 2.05) is 31.3 Å². The molecule has 1 aliphatic heterocycles. The molecule has 0 radical (unpaired) electrons. The van der Waals surface area contributed by atoms with Crippen LogP contribution < -0.4 is 0 Å². The molecule has 0 aliphatic carbocycles. The van der Waals surface area contributed by atoms with Crippen molar-refractivity contribution >= 4 is 23.4 Å². The first-order valence-corrected chi connectivity index (χ1v) is 8.46. The molecule has 1 saturated heterocycles. The molecule has 1 atom stereocenters. The monoisotopic (exact) mass is 322 g/mol. The minimum atomic E-state index is 0.737. The number of nitrogens with zero attached hydrogens (tertiary/aromatic N) is 4. The van der Waals surface area contributed by atoms with Gasteiger partial charge in [-0.3, -0.25) is 0 Å². The van der Waals surface area contributed by atoms with Crippen molar-refractivity contribution in [3.63, 3.8) is 0 Å². The largest absolute Gasteiger partial charge is 0.306 e. The zero-order chi connectivity index (χ0) is 14.8. The second-order valence-electron chi connectivity index (χ2n) is 5.60. The van der Waals surface area contributed by atoms with Crippen molar-refractivity contribution in [2.24, 2.45) is 13.0 Å². The highest BCUT2D eigenvalue weighted by Crippen LogP contribution is 2.27. The maximum Gasteiger partial charge on any atom is 0.191 e. The second-order valence-corrected chi connectivity index (χ2v) is 7.02. The lowest BCUT2D eigenvalue weighted by atomic mass is 10.2. The first kappa shape index (κ1) is 14.9. The lowest BCUT2D eigenvalue weighted by molar-refractivity contribution is 0.403. The summed E-state index contributed by atoms with van der Waals surface area (Å²) in [7, 11) is 4.21. The van der Waals surface area contributed by atoms with Crippen LogP contribution >= 0.6 is 23.4 Å². The third-order valence-electron chi connectivity index (χ3n) is 3.87. The van der Waals surface area contributed by atoms with Crippen LogP contribution in [0.3, 0.4) is 0 Å². The number of hydrogen-bond donors (Lipinski definition) is 0. The summed E-state index contributed by atoms with van der Waals surface area (Å²) < 4.78 is 2.06. The van der Waals surface area contributed by atoms with Gasteiger partial charge in [0.05, 0.1) is 0 Å². The van der Waals surface area contributed by atoms with Gasteiger partial charge in [-0.1, -0.05) is 23.4 Å². The van der Waals surface area contributed by atoms with Crippen LogP contribution in [0.1, 0.15) is 6.42 Å². The number of hydrogen-bond acceptors (Lipinski definition) is 4. The summed E-state index contributed by atoms with van der Waals surface area (Å²) in [6, 6.07) is 7.72. The summed E-state index contributed by atoms with van der Waals surface area (Å²) in [5.74, 6) is 2.75. The summed E-state index contributed by atoms with van der Waals surface area (Å²) in [5, 5.41) is 10.4. The van der Waals surface area contributed by atoms with Crippen molar-refractivity contribution in [1.29, 1.82) is 0 Å². The maximum atomic E-state index is 5.93. The molecule has 1 fully saturated rings. The zero-order valence-electron chi connectivity index (χ0n) is 12.3. The van der Waals surface area contributed by atoms with Crippen LogP contribution in [0.2, 0.25) is 5.02 Å². The first-order chi connectivity index (χ1) is 10.1. The SMILES string of the molecule is CN1CCC(CSc2nnc(-c3ccc(Cl)cc3)n2C)C1. The molecule has 0 amide bonds. The molecule has 1 unspecified atom stereocenters. The van der Waals surface area contributed by atoms with Gasteiger partial charge in [0.2, 0.25) is 0 Å². The van der Waals surface area contributed by atoms with E-state index >= 15 is 0 Å². The minimum absolute atomic E-state index is 0.737. The van der Waals surface area contributed by atoms with Gasteiger partial charge in [0.15, 0.2) is 11.0 Å². The summed E-state index contributed by atoms with van der Waals surface area (Å²) in [6.45, 7) is 2.40. The Balaban J connectivity index is 1.69. The fraction of sp³-hybridized carbons (Fsp3) is 0.467. The van der Waals surface area contributed by atoms with Gasteiger partial charge in [-0.05, 0) is 50.2 Å². The topological polar surface area (TPSA) is 34.0 Å². The molecule has 2 aromatic rings. The molecular weight excluding hydrogens is 304 g/mol. The van der Waals surface area contributed by atoms with E-state index in [1.54, 1.807) is 11.8 Å². The van der Waals surface area contributed by atoms with E-state index in [-0.39, 0.29) is 0 Å². The second kappa shape index (κ2) is 6.38. The van der Waals surface area contributed by atoms with E-state index in [2.05, 4.69) is 26.7 Å². The number of rotatable bonds is 4. The predicted molar refractivity (Wildman–Crippen MR) is 87.8 cm³/mol. The van der Waals surface area contributed by atoms with E-state index in [9.17, 15) is 0 Å². The van der Waals surface area contributed by atoms with E-state index in [0.29, 0.717) is 0 Å². The first-order valence-electron chi connectivity index (χ1n) is 7.10. The highest BCUT2D eigenvalue weighted by molar-refractivity contribution is 7.99. The van der Waals surface area contributed by atoms with Gasteiger partial charge in [-0.2, -0.15) is 0 Å².